The number of aliphatic hydroxyl groups excluding tert-OH is 2. The van der Waals surface area contributed by atoms with Crippen molar-refractivity contribution in [2.24, 2.45) is 39.5 Å². The molecule has 0 unspecified atom stereocenters. The number of carbonyl (C=O) groups excluding carboxylic acids is 2. The second kappa shape index (κ2) is 23.3. The van der Waals surface area contributed by atoms with E-state index in [0.717, 1.165) is 0 Å². The third-order valence-corrected chi connectivity index (χ3v) is 8.68. The van der Waals surface area contributed by atoms with Gasteiger partial charge in [0.1, 0.15) is 0 Å². The first kappa shape index (κ1) is 49.9. The van der Waals surface area contributed by atoms with Gasteiger partial charge >= 0.3 is 0 Å². The summed E-state index contributed by atoms with van der Waals surface area (Å²) < 4.78 is 32.9. The van der Waals surface area contributed by atoms with Crippen LogP contribution in [0.15, 0.2) is 60.7 Å². The van der Waals surface area contributed by atoms with Crippen LogP contribution in [0.4, 0.5) is 0 Å². The predicted molar refractivity (Wildman–Crippen MR) is 220 cm³/mol. The van der Waals surface area contributed by atoms with Gasteiger partial charge in [0.05, 0.1) is 88.2 Å². The van der Waals surface area contributed by atoms with Crippen LogP contribution < -0.4 is 11.5 Å². The smallest absolute Gasteiger partial charge is 0.206 e. The molecular formula is C43H68N4O10. The van der Waals surface area contributed by atoms with Crippen LogP contribution in [0.5, 0.6) is 0 Å². The van der Waals surface area contributed by atoms with Crippen LogP contribution in [-0.4, -0.2) is 117 Å². The van der Waals surface area contributed by atoms with Crippen molar-refractivity contribution in [1.29, 1.82) is 10.8 Å². The summed E-state index contributed by atoms with van der Waals surface area (Å²) >= 11 is 0. The summed E-state index contributed by atoms with van der Waals surface area (Å²) in [6.45, 7) is 21.1. The summed E-state index contributed by atoms with van der Waals surface area (Å²) in [6.07, 6.45) is -0.469. The van der Waals surface area contributed by atoms with Crippen LogP contribution in [0.3, 0.4) is 0 Å². The number of hydrogen-bond donors (Lipinski definition) is 6. The highest BCUT2D eigenvalue weighted by Gasteiger charge is 2.35. The molecule has 8 N–H and O–H groups in total. The van der Waals surface area contributed by atoms with E-state index < -0.39 is 24.9 Å². The fourth-order valence-electron chi connectivity index (χ4n) is 5.31. The zero-order valence-electron chi connectivity index (χ0n) is 35.3. The molecule has 14 heteroatoms. The van der Waals surface area contributed by atoms with E-state index in [-0.39, 0.29) is 70.3 Å². The van der Waals surface area contributed by atoms with Gasteiger partial charge in [0, 0.05) is 27.4 Å². The molecule has 2 aromatic carbocycles. The third-order valence-electron chi connectivity index (χ3n) is 8.68. The van der Waals surface area contributed by atoms with E-state index in [4.69, 9.17) is 60.9 Å². The quantitative estimate of drug-likeness (QED) is 0.155. The van der Waals surface area contributed by atoms with E-state index in [9.17, 15) is 9.59 Å². The molecule has 3 aliphatic heterocycles. The first-order valence-electron chi connectivity index (χ1n) is 19.4. The molecule has 0 saturated carbocycles. The normalized spacial score (nSPS) is 24.0. The lowest BCUT2D eigenvalue weighted by Crippen LogP contribution is -2.45. The van der Waals surface area contributed by atoms with Crippen LogP contribution in [0.1, 0.15) is 83.0 Å². The lowest BCUT2D eigenvalue weighted by atomic mass is 9.93. The van der Waals surface area contributed by atoms with Crippen molar-refractivity contribution in [2.75, 3.05) is 52.9 Å². The minimum atomic E-state index is -0.794. The Hall–Kier alpha value is -3.28. The summed E-state index contributed by atoms with van der Waals surface area (Å²) in [5.41, 5.74) is 11.9. The number of Topliss-reactive ketones (excluding diaryl/α,β-unsaturated/α-hetero) is 2. The first-order valence-corrected chi connectivity index (χ1v) is 19.4. The molecule has 57 heavy (non-hydrogen) atoms. The van der Waals surface area contributed by atoms with Crippen molar-refractivity contribution in [3.8, 4) is 0 Å². The third kappa shape index (κ3) is 17.2. The van der Waals surface area contributed by atoms with E-state index in [1.165, 1.54) is 0 Å². The molecule has 0 bridgehead atoms. The number of ketones is 2. The zero-order chi connectivity index (χ0) is 43.0. The standard InChI is InChI=1S/C16H21NO3.C11H13NO3.2C8H17NO2/c1-16(2,3)15-19-9-12(10-20-15)13(17)14(18)11-7-5-4-6-8-11;12-10(9(6-13)7-14)11(15)8-4-2-1-3-5-8;2*1-8(2,3)7-10-4-6(9)5-11-7/h4-8,12,15,17H,9-10H2,1-3H3;1-5,9,12-14H,6-7H2;2*6-7H,4-5,9H2,1-3H3. The summed E-state index contributed by atoms with van der Waals surface area (Å²) in [7, 11) is 0. The van der Waals surface area contributed by atoms with Gasteiger partial charge in [-0.05, 0) is 0 Å². The Labute approximate surface area is 338 Å². The van der Waals surface area contributed by atoms with Crippen molar-refractivity contribution in [2.45, 2.75) is 93.3 Å². The van der Waals surface area contributed by atoms with Crippen LogP contribution >= 0.6 is 0 Å². The van der Waals surface area contributed by atoms with Gasteiger partial charge in [-0.15, -0.1) is 0 Å². The maximum Gasteiger partial charge on any atom is 0.206 e. The van der Waals surface area contributed by atoms with E-state index in [2.05, 4.69) is 41.5 Å². The topological polar surface area (TPSA) is 230 Å². The van der Waals surface area contributed by atoms with Gasteiger partial charge < -0.3 is 60.9 Å². The number of aliphatic hydroxyl groups is 2. The van der Waals surface area contributed by atoms with Crippen LogP contribution in [0, 0.1) is 38.9 Å². The van der Waals surface area contributed by atoms with E-state index >= 15 is 0 Å². The van der Waals surface area contributed by atoms with Crippen LogP contribution in [0.2, 0.25) is 0 Å². The average molecular weight is 801 g/mol. The molecule has 2 aromatic rings. The highest BCUT2D eigenvalue weighted by molar-refractivity contribution is 6.46. The van der Waals surface area contributed by atoms with Crippen molar-refractivity contribution < 1.29 is 48.2 Å². The Kier molecular flexibility index (Phi) is 20.4. The molecule has 3 heterocycles. The van der Waals surface area contributed by atoms with E-state index in [1.807, 2.05) is 26.8 Å². The lowest BCUT2D eigenvalue weighted by Gasteiger charge is -2.36. The number of nitrogens with one attached hydrogen (secondary N) is 2. The molecule has 14 nitrogen and oxygen atoms in total. The molecule has 3 aliphatic rings. The maximum atomic E-state index is 12.2. The van der Waals surface area contributed by atoms with Crippen molar-refractivity contribution in [1.82, 2.24) is 0 Å². The summed E-state index contributed by atoms with van der Waals surface area (Å²) in [5, 5.41) is 33.2. The van der Waals surface area contributed by atoms with Crippen molar-refractivity contribution >= 4 is 23.0 Å². The molecule has 0 atom stereocenters. The maximum absolute atomic E-state index is 12.2. The molecule has 0 radical (unpaired) electrons. The Bertz CT molecular complexity index is 1460. The van der Waals surface area contributed by atoms with Gasteiger partial charge in [-0.25, -0.2) is 0 Å². The zero-order valence-corrected chi connectivity index (χ0v) is 35.3. The van der Waals surface area contributed by atoms with Crippen molar-refractivity contribution in [3.63, 3.8) is 0 Å². The molecule has 3 fully saturated rings. The van der Waals surface area contributed by atoms with Gasteiger partial charge in [-0.3, -0.25) is 9.59 Å². The second-order valence-electron chi connectivity index (χ2n) is 17.6. The molecule has 0 spiro atoms. The highest BCUT2D eigenvalue weighted by Crippen LogP contribution is 2.28. The number of nitrogens with two attached hydrogens (primary N) is 2. The number of rotatable bonds is 8. The molecule has 0 aromatic heterocycles. The molecule has 3 saturated heterocycles. The fourth-order valence-corrected chi connectivity index (χ4v) is 5.31. The molecule has 5 rings (SSSR count). The Morgan fingerprint density at radius 3 is 1.18 bits per heavy atom. The SMILES string of the molecule is CC(C)(C)C1OCC(C(=N)C(=O)c2ccccc2)CO1.CC(C)(C)C1OCC(N)CO1.CC(C)(C)C1OCC(N)CO1.N=C(C(=O)c1ccccc1)C(CO)CO. The van der Waals surface area contributed by atoms with Crippen LogP contribution in [0.25, 0.3) is 0 Å². The van der Waals surface area contributed by atoms with E-state index in [1.54, 1.807) is 54.6 Å². The van der Waals surface area contributed by atoms with Crippen LogP contribution in [-0.2, 0) is 28.4 Å². The van der Waals surface area contributed by atoms with Gasteiger partial charge in [0.15, 0.2) is 18.9 Å². The fraction of sp³-hybridized carbons (Fsp3) is 0.628. The number of hydrogen-bond acceptors (Lipinski definition) is 14. The van der Waals surface area contributed by atoms with Gasteiger partial charge in [-0.1, -0.05) is 123 Å². The van der Waals surface area contributed by atoms with Gasteiger partial charge in [0.2, 0.25) is 11.6 Å². The minimum absolute atomic E-state index is 0.0496. The minimum Gasteiger partial charge on any atom is -0.396 e. The Morgan fingerprint density at radius 2 is 0.877 bits per heavy atom. The predicted octanol–water partition coefficient (Wildman–Crippen LogP) is 4.88. The highest BCUT2D eigenvalue weighted by atomic mass is 16.7. The molecule has 320 valence electrons. The monoisotopic (exact) mass is 800 g/mol. The molecular weight excluding hydrogens is 732 g/mol. The number of ether oxygens (including phenoxy) is 6. The first-order chi connectivity index (χ1) is 26.6. The summed E-state index contributed by atoms with van der Waals surface area (Å²) in [6, 6.07) is 17.4. The number of carbonyl (C=O) groups is 2. The van der Waals surface area contributed by atoms with Gasteiger partial charge in [0.25, 0.3) is 0 Å². The van der Waals surface area contributed by atoms with Gasteiger partial charge in [-0.2, -0.15) is 0 Å². The molecule has 0 amide bonds. The Balaban J connectivity index is 0.000000271. The number of benzene rings is 2. The second-order valence-corrected chi connectivity index (χ2v) is 17.6. The lowest BCUT2D eigenvalue weighted by molar-refractivity contribution is -0.233. The Morgan fingerprint density at radius 1 is 0.579 bits per heavy atom. The largest absolute Gasteiger partial charge is 0.396 e. The average Bonchev–Trinajstić information content (AvgIpc) is 3.18. The summed E-state index contributed by atoms with van der Waals surface area (Å²) in [4.78, 5) is 23.8. The van der Waals surface area contributed by atoms with E-state index in [0.29, 0.717) is 50.8 Å². The molecule has 0 aliphatic carbocycles. The van der Waals surface area contributed by atoms with Crippen molar-refractivity contribution in [3.05, 3.63) is 71.8 Å². The summed E-state index contributed by atoms with van der Waals surface area (Å²) in [5.74, 6) is -1.79.